The molecule has 1 aromatic heterocycles. The number of aliphatic hydroxyl groups is 2. The Labute approximate surface area is 216 Å². The van der Waals surface area contributed by atoms with Crippen LogP contribution in [0.4, 0.5) is 10.1 Å². The Morgan fingerprint density at radius 1 is 1.27 bits per heavy atom. The number of hydrogen-bond donors (Lipinski definition) is 3. The zero-order valence-electron chi connectivity index (χ0n) is 21.7. The predicted octanol–water partition coefficient (Wildman–Crippen LogP) is 3.90. The van der Waals surface area contributed by atoms with Crippen LogP contribution in [0.2, 0.25) is 0 Å². The van der Waals surface area contributed by atoms with Crippen LogP contribution in [0.15, 0.2) is 47.6 Å². The number of carbonyl (C=O) groups excluding carboxylic acids is 1. The van der Waals surface area contributed by atoms with Crippen LogP contribution in [0.1, 0.15) is 46.6 Å². The fourth-order valence-corrected chi connectivity index (χ4v) is 3.89. The van der Waals surface area contributed by atoms with Gasteiger partial charge in [-0.05, 0) is 60.8 Å². The van der Waals surface area contributed by atoms with E-state index in [1.165, 1.54) is 31.4 Å². The number of ether oxygens (including phenoxy) is 1. The molecule has 0 aliphatic heterocycles. The Morgan fingerprint density at radius 2 is 2.00 bits per heavy atom. The van der Waals surface area contributed by atoms with Crippen LogP contribution in [-0.4, -0.2) is 53.3 Å². The lowest BCUT2D eigenvalue weighted by molar-refractivity contribution is -0.273. The van der Waals surface area contributed by atoms with Gasteiger partial charge in [-0.2, -0.15) is 0 Å². The van der Waals surface area contributed by atoms with Gasteiger partial charge < -0.3 is 20.7 Å². The van der Waals surface area contributed by atoms with E-state index in [4.69, 9.17) is 10.5 Å². The number of aliphatic imine (C=N–C) groups is 1. The van der Waals surface area contributed by atoms with Gasteiger partial charge in [-0.25, -0.2) is 9.29 Å². The number of nitrogens with zero attached hydrogens (tertiary/aromatic N) is 3. The van der Waals surface area contributed by atoms with Crippen LogP contribution >= 0.6 is 0 Å². The van der Waals surface area contributed by atoms with Crippen LogP contribution in [0.3, 0.4) is 0 Å². The first-order chi connectivity index (χ1) is 17.5. The number of halogens is 1. The molecule has 0 atom stereocenters. The van der Waals surface area contributed by atoms with E-state index in [0.29, 0.717) is 35.3 Å². The van der Waals surface area contributed by atoms with Crippen molar-refractivity contribution < 1.29 is 24.1 Å². The summed E-state index contributed by atoms with van der Waals surface area (Å²) in [5.74, 6) is -2.84. The highest BCUT2D eigenvalue weighted by Crippen LogP contribution is 2.36. The van der Waals surface area contributed by atoms with Crippen molar-refractivity contribution in [1.82, 2.24) is 9.88 Å². The highest BCUT2D eigenvalue weighted by molar-refractivity contribution is 5.97. The number of aldehydes is 1. The summed E-state index contributed by atoms with van der Waals surface area (Å²) in [6, 6.07) is 9.70. The molecule has 8 nitrogen and oxygen atoms in total. The average molecular weight is 509 g/mol. The van der Waals surface area contributed by atoms with Crippen molar-refractivity contribution in [3.63, 3.8) is 0 Å². The van der Waals surface area contributed by atoms with Gasteiger partial charge in [0.15, 0.2) is 6.29 Å². The third-order valence-electron chi connectivity index (χ3n) is 6.01. The molecule has 0 saturated carbocycles. The van der Waals surface area contributed by atoms with Crippen molar-refractivity contribution in [1.29, 1.82) is 0 Å². The minimum absolute atomic E-state index is 0.00790. The summed E-state index contributed by atoms with van der Waals surface area (Å²) in [5.41, 5.74) is 9.48. The van der Waals surface area contributed by atoms with Crippen LogP contribution < -0.4 is 10.5 Å². The van der Waals surface area contributed by atoms with E-state index in [1.807, 2.05) is 32.9 Å². The smallest absolute Gasteiger partial charge is 0.271 e. The standard InChI is InChI=1S/C28H33FN4O4/c1-17(2)16-37-25-12-20(21-9-8-18(3)26(30)22(21)13-31-4)11-24(29)23(25)14-33(5)28(35,36)27-19(15-34)7-6-10-32-27/h6-13,15,17,35-36H,14,16,30H2,1-5H3. The molecule has 0 bridgehead atoms. The van der Waals surface area contributed by atoms with E-state index >= 15 is 4.39 Å². The number of pyridine rings is 1. The molecule has 4 N–H and O–H groups in total. The third kappa shape index (κ3) is 6.02. The molecule has 0 saturated heterocycles. The maximum atomic E-state index is 15.7. The zero-order valence-corrected chi connectivity index (χ0v) is 21.7. The Balaban J connectivity index is 2.10. The lowest BCUT2D eigenvalue weighted by Gasteiger charge is -2.32. The monoisotopic (exact) mass is 508 g/mol. The first-order valence-corrected chi connectivity index (χ1v) is 11.8. The molecule has 0 aliphatic rings. The zero-order chi connectivity index (χ0) is 27.3. The van der Waals surface area contributed by atoms with Gasteiger partial charge in [0, 0.05) is 48.4 Å². The first-order valence-electron chi connectivity index (χ1n) is 11.8. The van der Waals surface area contributed by atoms with Crippen LogP contribution in [0, 0.1) is 18.7 Å². The maximum Gasteiger partial charge on any atom is 0.271 e. The highest BCUT2D eigenvalue weighted by atomic mass is 19.1. The molecule has 196 valence electrons. The number of hydrogen-bond acceptors (Lipinski definition) is 8. The largest absolute Gasteiger partial charge is 0.493 e. The molecule has 2 aromatic carbocycles. The molecule has 0 amide bonds. The fourth-order valence-electron chi connectivity index (χ4n) is 3.89. The fraction of sp³-hybridized carbons (Fsp3) is 0.321. The van der Waals surface area contributed by atoms with E-state index < -0.39 is 11.7 Å². The van der Waals surface area contributed by atoms with Gasteiger partial charge in [0.1, 0.15) is 17.3 Å². The van der Waals surface area contributed by atoms with Crippen molar-refractivity contribution in [3.8, 4) is 16.9 Å². The lowest BCUT2D eigenvalue weighted by atomic mass is 9.95. The normalized spacial score (nSPS) is 12.1. The number of rotatable bonds is 10. The summed E-state index contributed by atoms with van der Waals surface area (Å²) in [7, 11) is 3.02. The molecular weight excluding hydrogens is 475 g/mol. The third-order valence-corrected chi connectivity index (χ3v) is 6.01. The van der Waals surface area contributed by atoms with E-state index in [2.05, 4.69) is 9.98 Å². The quantitative estimate of drug-likeness (QED) is 0.164. The molecule has 0 fully saturated rings. The van der Waals surface area contributed by atoms with Crippen LogP contribution in [0.25, 0.3) is 11.1 Å². The Bertz CT molecular complexity index is 1310. The maximum absolute atomic E-state index is 15.7. The van der Waals surface area contributed by atoms with E-state index in [-0.39, 0.29) is 35.0 Å². The molecular formula is C28H33FN4O4. The number of aromatic nitrogens is 1. The SMILES string of the molecule is CN=Cc1c(-c2cc(F)c(CN(C)C(O)(O)c3ncccc3C=O)c(OCC(C)C)c2)ccc(C)c1N. The summed E-state index contributed by atoms with van der Waals surface area (Å²) < 4.78 is 21.7. The van der Waals surface area contributed by atoms with E-state index in [0.717, 1.165) is 10.5 Å². The topological polar surface area (TPSA) is 121 Å². The number of aryl methyl sites for hydroxylation is 1. The molecule has 9 heteroatoms. The molecule has 37 heavy (non-hydrogen) atoms. The summed E-state index contributed by atoms with van der Waals surface area (Å²) in [5, 5.41) is 21.8. The summed E-state index contributed by atoms with van der Waals surface area (Å²) >= 11 is 0. The number of nitrogen functional groups attached to an aromatic ring is 1. The Kier molecular flexibility index (Phi) is 8.75. The van der Waals surface area contributed by atoms with Gasteiger partial charge in [0.2, 0.25) is 0 Å². The van der Waals surface area contributed by atoms with Gasteiger partial charge in [-0.1, -0.05) is 26.0 Å². The molecule has 1 heterocycles. The van der Waals surface area contributed by atoms with E-state index in [1.54, 1.807) is 19.3 Å². The summed E-state index contributed by atoms with van der Waals surface area (Å²) in [6.07, 6.45) is 3.46. The minimum atomic E-state index is -2.64. The van der Waals surface area contributed by atoms with E-state index in [9.17, 15) is 15.0 Å². The van der Waals surface area contributed by atoms with Crippen molar-refractivity contribution in [2.75, 3.05) is 26.4 Å². The lowest BCUT2D eigenvalue weighted by Crippen LogP contribution is -2.44. The van der Waals surface area contributed by atoms with Crippen molar-refractivity contribution in [2.45, 2.75) is 33.2 Å². The first kappa shape index (κ1) is 27.9. The van der Waals surface area contributed by atoms with Crippen LogP contribution in [-0.2, 0) is 12.5 Å². The van der Waals surface area contributed by atoms with Crippen molar-refractivity contribution in [3.05, 3.63) is 76.4 Å². The highest BCUT2D eigenvalue weighted by Gasteiger charge is 2.36. The summed E-state index contributed by atoms with van der Waals surface area (Å²) in [4.78, 5) is 20.6. The van der Waals surface area contributed by atoms with Crippen molar-refractivity contribution in [2.24, 2.45) is 10.9 Å². The summed E-state index contributed by atoms with van der Waals surface area (Å²) in [6.45, 7) is 5.89. The van der Waals surface area contributed by atoms with Gasteiger partial charge in [0.25, 0.3) is 5.91 Å². The average Bonchev–Trinajstić information content (AvgIpc) is 2.86. The second-order valence-electron chi connectivity index (χ2n) is 9.33. The second-order valence-corrected chi connectivity index (χ2v) is 9.33. The number of carbonyl (C=O) groups is 1. The van der Waals surface area contributed by atoms with Gasteiger partial charge in [0.05, 0.1) is 6.61 Å². The minimum Gasteiger partial charge on any atom is -0.493 e. The molecule has 3 rings (SSSR count). The number of anilines is 1. The second kappa shape index (κ2) is 11.6. The predicted molar refractivity (Wildman–Crippen MR) is 142 cm³/mol. The molecule has 0 unspecified atom stereocenters. The van der Waals surface area contributed by atoms with Gasteiger partial charge in [-0.3, -0.25) is 14.8 Å². The number of benzene rings is 2. The molecule has 0 spiro atoms. The molecule has 3 aromatic rings. The Morgan fingerprint density at radius 3 is 2.65 bits per heavy atom. The van der Waals surface area contributed by atoms with Gasteiger partial charge in [-0.15, -0.1) is 0 Å². The number of nitrogens with two attached hydrogens (primary N) is 1. The Hall–Kier alpha value is -3.66. The van der Waals surface area contributed by atoms with Gasteiger partial charge >= 0.3 is 0 Å². The molecule has 0 aliphatic carbocycles. The van der Waals surface area contributed by atoms with Crippen molar-refractivity contribution >= 4 is 18.2 Å². The molecule has 0 radical (unpaired) electrons. The van der Waals surface area contributed by atoms with Crippen LogP contribution in [0.5, 0.6) is 5.75 Å².